The molecule has 19 heavy (non-hydrogen) atoms. The SMILES string of the molecule is CCNC(Cc1cccc(Cl)c1Cl)C1(C)CCCC1. The molecule has 0 saturated heterocycles. The predicted octanol–water partition coefficient (Wildman–Crippen LogP) is 5.09. The van der Waals surface area contributed by atoms with Crippen molar-refractivity contribution in [3.05, 3.63) is 33.8 Å². The van der Waals surface area contributed by atoms with Gasteiger partial charge in [-0.1, -0.05) is 62.0 Å². The molecule has 0 radical (unpaired) electrons. The maximum absolute atomic E-state index is 6.33. The van der Waals surface area contributed by atoms with E-state index in [0.29, 0.717) is 21.5 Å². The molecule has 0 spiro atoms. The van der Waals surface area contributed by atoms with Crippen molar-refractivity contribution in [2.75, 3.05) is 6.54 Å². The van der Waals surface area contributed by atoms with Crippen molar-refractivity contribution < 1.29 is 0 Å². The fraction of sp³-hybridized carbons (Fsp3) is 0.625. The molecule has 1 fully saturated rings. The van der Waals surface area contributed by atoms with E-state index in [1.165, 1.54) is 25.7 Å². The molecule has 2 rings (SSSR count). The van der Waals surface area contributed by atoms with E-state index in [0.717, 1.165) is 18.5 Å². The standard InChI is InChI=1S/C16H23Cl2N/c1-3-19-14(16(2)9-4-5-10-16)11-12-7-6-8-13(17)15(12)18/h6-8,14,19H,3-5,9-11H2,1-2H3. The van der Waals surface area contributed by atoms with Gasteiger partial charge in [-0.2, -0.15) is 0 Å². The van der Waals surface area contributed by atoms with Gasteiger partial charge in [-0.25, -0.2) is 0 Å². The highest BCUT2D eigenvalue weighted by Crippen LogP contribution is 2.42. The summed E-state index contributed by atoms with van der Waals surface area (Å²) < 4.78 is 0. The number of nitrogens with one attached hydrogen (secondary N) is 1. The third kappa shape index (κ3) is 3.45. The lowest BCUT2D eigenvalue weighted by molar-refractivity contribution is 0.222. The van der Waals surface area contributed by atoms with Gasteiger partial charge >= 0.3 is 0 Å². The lowest BCUT2D eigenvalue weighted by Gasteiger charge is -2.35. The van der Waals surface area contributed by atoms with E-state index < -0.39 is 0 Å². The summed E-state index contributed by atoms with van der Waals surface area (Å²) in [6.07, 6.45) is 6.28. The smallest absolute Gasteiger partial charge is 0.0624 e. The third-order valence-electron chi connectivity index (χ3n) is 4.49. The Hall–Kier alpha value is -0.240. The molecule has 0 bridgehead atoms. The fourth-order valence-corrected chi connectivity index (χ4v) is 3.67. The topological polar surface area (TPSA) is 12.0 Å². The van der Waals surface area contributed by atoms with Gasteiger partial charge < -0.3 is 5.32 Å². The van der Waals surface area contributed by atoms with E-state index in [9.17, 15) is 0 Å². The zero-order valence-electron chi connectivity index (χ0n) is 11.8. The van der Waals surface area contributed by atoms with Gasteiger partial charge in [0.1, 0.15) is 0 Å². The zero-order chi connectivity index (χ0) is 13.9. The molecular formula is C16H23Cl2N. The van der Waals surface area contributed by atoms with Crippen molar-refractivity contribution in [1.82, 2.24) is 5.32 Å². The summed E-state index contributed by atoms with van der Waals surface area (Å²) in [5.74, 6) is 0. The van der Waals surface area contributed by atoms with Crippen molar-refractivity contribution in [1.29, 1.82) is 0 Å². The lowest BCUT2D eigenvalue weighted by atomic mass is 9.78. The van der Waals surface area contributed by atoms with Gasteiger partial charge in [-0.05, 0) is 42.9 Å². The number of halogens is 2. The quantitative estimate of drug-likeness (QED) is 0.798. The summed E-state index contributed by atoms with van der Waals surface area (Å²) in [7, 11) is 0. The summed E-state index contributed by atoms with van der Waals surface area (Å²) in [6, 6.07) is 6.42. The molecule has 106 valence electrons. The van der Waals surface area contributed by atoms with Crippen LogP contribution < -0.4 is 5.32 Å². The number of hydrogen-bond donors (Lipinski definition) is 1. The first kappa shape index (κ1) is 15.2. The van der Waals surface area contributed by atoms with Crippen molar-refractivity contribution in [3.8, 4) is 0 Å². The second-order valence-electron chi connectivity index (χ2n) is 5.89. The van der Waals surface area contributed by atoms with Crippen LogP contribution in [0.4, 0.5) is 0 Å². The molecule has 3 heteroatoms. The van der Waals surface area contributed by atoms with Gasteiger partial charge in [0.15, 0.2) is 0 Å². The van der Waals surface area contributed by atoms with Crippen LogP contribution in [-0.2, 0) is 6.42 Å². The second kappa shape index (κ2) is 6.47. The Labute approximate surface area is 126 Å². The molecule has 1 atom stereocenters. The lowest BCUT2D eigenvalue weighted by Crippen LogP contribution is -2.43. The van der Waals surface area contributed by atoms with Crippen molar-refractivity contribution in [3.63, 3.8) is 0 Å². The molecule has 0 amide bonds. The van der Waals surface area contributed by atoms with Crippen molar-refractivity contribution in [2.45, 2.75) is 52.0 Å². The second-order valence-corrected chi connectivity index (χ2v) is 6.67. The number of benzene rings is 1. The minimum absolute atomic E-state index is 0.391. The van der Waals surface area contributed by atoms with E-state index in [2.05, 4.69) is 25.2 Å². The van der Waals surface area contributed by atoms with Crippen LogP contribution >= 0.6 is 23.2 Å². The van der Waals surface area contributed by atoms with E-state index in [1.54, 1.807) is 0 Å². The average Bonchev–Trinajstić information content (AvgIpc) is 2.82. The number of hydrogen-bond acceptors (Lipinski definition) is 1. The van der Waals surface area contributed by atoms with E-state index >= 15 is 0 Å². The molecule has 0 heterocycles. The summed E-state index contributed by atoms with van der Waals surface area (Å²) >= 11 is 12.4. The maximum Gasteiger partial charge on any atom is 0.0624 e. The number of rotatable bonds is 5. The first-order valence-corrected chi connectivity index (χ1v) is 7.98. The molecule has 1 unspecified atom stereocenters. The Bertz CT molecular complexity index is 425. The molecule has 1 aliphatic rings. The van der Waals surface area contributed by atoms with E-state index in [-0.39, 0.29) is 0 Å². The van der Waals surface area contributed by atoms with Gasteiger partial charge in [0, 0.05) is 6.04 Å². The molecule has 0 aliphatic heterocycles. The molecule has 0 aromatic heterocycles. The molecule has 1 aliphatic carbocycles. The van der Waals surface area contributed by atoms with Crippen LogP contribution in [0.3, 0.4) is 0 Å². The Morgan fingerprint density at radius 2 is 1.95 bits per heavy atom. The molecule has 1 N–H and O–H groups in total. The molecule has 1 aromatic carbocycles. The average molecular weight is 300 g/mol. The van der Waals surface area contributed by atoms with Gasteiger partial charge in [-0.3, -0.25) is 0 Å². The Balaban J connectivity index is 2.18. The minimum Gasteiger partial charge on any atom is -0.313 e. The Morgan fingerprint density at radius 3 is 2.58 bits per heavy atom. The minimum atomic E-state index is 0.391. The summed E-state index contributed by atoms with van der Waals surface area (Å²) in [4.78, 5) is 0. The molecule has 1 aromatic rings. The van der Waals surface area contributed by atoms with Crippen LogP contribution in [0.15, 0.2) is 18.2 Å². The van der Waals surface area contributed by atoms with Gasteiger partial charge in [-0.15, -0.1) is 0 Å². The number of likely N-dealkylation sites (N-methyl/N-ethyl adjacent to an activating group) is 1. The Morgan fingerprint density at radius 1 is 1.26 bits per heavy atom. The third-order valence-corrected chi connectivity index (χ3v) is 5.35. The highest BCUT2D eigenvalue weighted by molar-refractivity contribution is 6.42. The van der Waals surface area contributed by atoms with Crippen LogP contribution in [0.2, 0.25) is 10.0 Å². The van der Waals surface area contributed by atoms with E-state index in [1.807, 2.05) is 12.1 Å². The molecule has 1 nitrogen and oxygen atoms in total. The highest BCUT2D eigenvalue weighted by Gasteiger charge is 2.36. The molecular weight excluding hydrogens is 277 g/mol. The summed E-state index contributed by atoms with van der Waals surface area (Å²) in [5, 5.41) is 5.03. The Kier molecular flexibility index (Phi) is 5.16. The first-order chi connectivity index (χ1) is 9.07. The fourth-order valence-electron chi connectivity index (χ4n) is 3.27. The van der Waals surface area contributed by atoms with Gasteiger partial charge in [0.25, 0.3) is 0 Å². The normalized spacial score (nSPS) is 19.6. The van der Waals surface area contributed by atoms with Crippen LogP contribution in [0, 0.1) is 5.41 Å². The van der Waals surface area contributed by atoms with Crippen molar-refractivity contribution >= 4 is 23.2 Å². The van der Waals surface area contributed by atoms with Crippen molar-refractivity contribution in [2.24, 2.45) is 5.41 Å². The first-order valence-electron chi connectivity index (χ1n) is 7.23. The monoisotopic (exact) mass is 299 g/mol. The largest absolute Gasteiger partial charge is 0.313 e. The summed E-state index contributed by atoms with van der Waals surface area (Å²) in [6.45, 7) is 5.58. The zero-order valence-corrected chi connectivity index (χ0v) is 13.3. The summed E-state index contributed by atoms with van der Waals surface area (Å²) in [5.41, 5.74) is 1.55. The van der Waals surface area contributed by atoms with Gasteiger partial charge in [0.2, 0.25) is 0 Å². The van der Waals surface area contributed by atoms with E-state index in [4.69, 9.17) is 23.2 Å². The highest BCUT2D eigenvalue weighted by atomic mass is 35.5. The van der Waals surface area contributed by atoms with Crippen LogP contribution in [0.1, 0.15) is 45.1 Å². The predicted molar refractivity (Wildman–Crippen MR) is 84.2 cm³/mol. The van der Waals surface area contributed by atoms with Crippen LogP contribution in [0.5, 0.6) is 0 Å². The van der Waals surface area contributed by atoms with Crippen LogP contribution in [0.25, 0.3) is 0 Å². The maximum atomic E-state index is 6.33. The van der Waals surface area contributed by atoms with Gasteiger partial charge in [0.05, 0.1) is 10.0 Å². The molecule has 1 saturated carbocycles. The van der Waals surface area contributed by atoms with Crippen LogP contribution in [-0.4, -0.2) is 12.6 Å².